The summed E-state index contributed by atoms with van der Waals surface area (Å²) < 4.78 is 0. The summed E-state index contributed by atoms with van der Waals surface area (Å²) in [4.78, 5) is 15.2. The zero-order valence-corrected chi connectivity index (χ0v) is 10.0. The van der Waals surface area contributed by atoms with Crippen molar-refractivity contribution in [1.82, 2.24) is 19.9 Å². The largest absolute Gasteiger partial charge is 0.368 e. The van der Waals surface area contributed by atoms with Gasteiger partial charge in [0.1, 0.15) is 5.52 Å². The van der Waals surface area contributed by atoms with E-state index in [-0.39, 0.29) is 5.28 Å². The number of aromatic nitrogens is 4. The number of nitrogens with one attached hydrogen (secondary N) is 2. The predicted molar refractivity (Wildman–Crippen MR) is 64.6 cm³/mol. The molecule has 0 amide bonds. The molecule has 0 unspecified atom stereocenters. The van der Waals surface area contributed by atoms with Crippen LogP contribution in [0.25, 0.3) is 11.2 Å². The molecular formula is C10H14ClN5. The number of anilines is 1. The quantitative estimate of drug-likeness (QED) is 0.805. The third kappa shape index (κ3) is 2.41. The van der Waals surface area contributed by atoms with Crippen LogP contribution in [0.5, 0.6) is 0 Å². The first kappa shape index (κ1) is 11.1. The van der Waals surface area contributed by atoms with Crippen LogP contribution in [0.3, 0.4) is 0 Å². The number of rotatable bonds is 4. The topological polar surface area (TPSA) is 66.5 Å². The lowest BCUT2D eigenvalue weighted by atomic mass is 10.1. The second kappa shape index (κ2) is 4.65. The van der Waals surface area contributed by atoms with Gasteiger partial charge in [-0.2, -0.15) is 9.97 Å². The number of hydrogen-bond acceptors (Lipinski definition) is 4. The van der Waals surface area contributed by atoms with Crippen LogP contribution in [0.2, 0.25) is 5.28 Å². The van der Waals surface area contributed by atoms with Crippen molar-refractivity contribution in [3.63, 3.8) is 0 Å². The van der Waals surface area contributed by atoms with Gasteiger partial charge in [0.2, 0.25) is 5.28 Å². The Morgan fingerprint density at radius 1 is 1.44 bits per heavy atom. The smallest absolute Gasteiger partial charge is 0.226 e. The van der Waals surface area contributed by atoms with E-state index < -0.39 is 0 Å². The van der Waals surface area contributed by atoms with Gasteiger partial charge in [0.25, 0.3) is 0 Å². The van der Waals surface area contributed by atoms with Crippen molar-refractivity contribution in [3.05, 3.63) is 11.6 Å². The van der Waals surface area contributed by atoms with E-state index in [0.29, 0.717) is 17.4 Å². The molecule has 0 atom stereocenters. The van der Waals surface area contributed by atoms with Gasteiger partial charge in [-0.3, -0.25) is 0 Å². The number of aromatic amines is 1. The maximum atomic E-state index is 5.81. The third-order valence-corrected chi connectivity index (χ3v) is 2.43. The van der Waals surface area contributed by atoms with Crippen LogP contribution in [0.1, 0.15) is 20.3 Å². The molecule has 2 aromatic heterocycles. The molecule has 5 nitrogen and oxygen atoms in total. The van der Waals surface area contributed by atoms with Crippen LogP contribution in [-0.4, -0.2) is 26.5 Å². The van der Waals surface area contributed by atoms with E-state index in [2.05, 4.69) is 39.1 Å². The second-order valence-corrected chi connectivity index (χ2v) is 4.39. The second-order valence-electron chi connectivity index (χ2n) is 4.05. The summed E-state index contributed by atoms with van der Waals surface area (Å²) in [6, 6.07) is 0. The predicted octanol–water partition coefficient (Wildman–Crippen LogP) is 2.46. The lowest BCUT2D eigenvalue weighted by Crippen LogP contribution is -2.07. The van der Waals surface area contributed by atoms with Crippen molar-refractivity contribution < 1.29 is 0 Å². The van der Waals surface area contributed by atoms with Gasteiger partial charge in [0.15, 0.2) is 11.5 Å². The zero-order valence-electron chi connectivity index (χ0n) is 9.29. The van der Waals surface area contributed by atoms with E-state index in [4.69, 9.17) is 11.6 Å². The molecule has 0 spiro atoms. The number of imidazole rings is 1. The Balaban J connectivity index is 2.19. The first-order chi connectivity index (χ1) is 7.66. The van der Waals surface area contributed by atoms with Gasteiger partial charge in [0, 0.05) is 6.54 Å². The van der Waals surface area contributed by atoms with Gasteiger partial charge in [-0.15, -0.1) is 0 Å². The summed E-state index contributed by atoms with van der Waals surface area (Å²) in [5, 5.41) is 3.45. The zero-order chi connectivity index (χ0) is 11.5. The Morgan fingerprint density at radius 2 is 2.25 bits per heavy atom. The highest BCUT2D eigenvalue weighted by atomic mass is 35.5. The molecule has 0 radical (unpaired) electrons. The lowest BCUT2D eigenvalue weighted by Gasteiger charge is -2.07. The fourth-order valence-electron chi connectivity index (χ4n) is 1.41. The van der Waals surface area contributed by atoms with Crippen molar-refractivity contribution >= 4 is 28.6 Å². The number of halogens is 1. The van der Waals surface area contributed by atoms with Crippen molar-refractivity contribution in [2.24, 2.45) is 5.92 Å². The highest BCUT2D eigenvalue weighted by Crippen LogP contribution is 2.18. The van der Waals surface area contributed by atoms with E-state index in [0.717, 1.165) is 18.5 Å². The minimum atomic E-state index is 0.226. The molecular weight excluding hydrogens is 226 g/mol. The average molecular weight is 240 g/mol. The van der Waals surface area contributed by atoms with Gasteiger partial charge < -0.3 is 10.3 Å². The normalized spacial score (nSPS) is 11.2. The van der Waals surface area contributed by atoms with Crippen LogP contribution in [0.15, 0.2) is 6.33 Å². The molecule has 2 rings (SSSR count). The number of nitrogens with zero attached hydrogens (tertiary/aromatic N) is 3. The molecule has 16 heavy (non-hydrogen) atoms. The van der Waals surface area contributed by atoms with E-state index in [1.54, 1.807) is 6.33 Å². The van der Waals surface area contributed by atoms with Crippen LogP contribution in [-0.2, 0) is 0 Å². The van der Waals surface area contributed by atoms with E-state index in [1.807, 2.05) is 0 Å². The molecule has 2 N–H and O–H groups in total. The average Bonchev–Trinajstić information content (AvgIpc) is 2.64. The molecule has 0 saturated heterocycles. The van der Waals surface area contributed by atoms with Gasteiger partial charge in [-0.05, 0) is 23.9 Å². The number of fused-ring (bicyclic) bond motifs is 1. The molecule has 2 heterocycles. The Kier molecular flexibility index (Phi) is 3.24. The fourth-order valence-corrected chi connectivity index (χ4v) is 1.58. The van der Waals surface area contributed by atoms with E-state index >= 15 is 0 Å². The van der Waals surface area contributed by atoms with Crippen molar-refractivity contribution in [2.45, 2.75) is 20.3 Å². The van der Waals surface area contributed by atoms with Crippen LogP contribution in [0, 0.1) is 5.92 Å². The Hall–Kier alpha value is -1.36. The van der Waals surface area contributed by atoms with Crippen molar-refractivity contribution in [2.75, 3.05) is 11.9 Å². The first-order valence-electron chi connectivity index (χ1n) is 5.27. The summed E-state index contributed by atoms with van der Waals surface area (Å²) in [6.07, 6.45) is 2.66. The highest BCUT2D eigenvalue weighted by molar-refractivity contribution is 6.28. The fraction of sp³-hybridized carbons (Fsp3) is 0.500. The maximum absolute atomic E-state index is 5.81. The number of hydrogen-bond donors (Lipinski definition) is 2. The minimum Gasteiger partial charge on any atom is -0.368 e. The summed E-state index contributed by atoms with van der Waals surface area (Å²) in [5.41, 5.74) is 1.39. The monoisotopic (exact) mass is 239 g/mol. The van der Waals surface area contributed by atoms with Gasteiger partial charge in [0.05, 0.1) is 6.33 Å². The summed E-state index contributed by atoms with van der Waals surface area (Å²) in [5.74, 6) is 1.34. The minimum absolute atomic E-state index is 0.226. The van der Waals surface area contributed by atoms with Gasteiger partial charge in [-0.25, -0.2) is 4.98 Å². The maximum Gasteiger partial charge on any atom is 0.226 e. The molecule has 0 aliphatic heterocycles. The Labute approximate surface area is 98.7 Å². The molecule has 0 fully saturated rings. The molecule has 0 aliphatic carbocycles. The van der Waals surface area contributed by atoms with Crippen LogP contribution < -0.4 is 5.32 Å². The Bertz CT molecular complexity index is 479. The highest BCUT2D eigenvalue weighted by Gasteiger charge is 2.08. The molecule has 0 bridgehead atoms. The molecule has 0 saturated carbocycles. The van der Waals surface area contributed by atoms with E-state index in [9.17, 15) is 0 Å². The molecule has 2 aromatic rings. The summed E-state index contributed by atoms with van der Waals surface area (Å²) in [6.45, 7) is 5.21. The third-order valence-electron chi connectivity index (χ3n) is 2.27. The standard InChI is InChI=1S/C10H14ClN5/c1-6(2)3-4-12-8-7-9(14-5-13-7)16-10(11)15-8/h5-6H,3-4H2,1-2H3,(H2,12,13,14,15,16). The van der Waals surface area contributed by atoms with Crippen LogP contribution >= 0.6 is 11.6 Å². The number of H-pyrrole nitrogens is 1. The van der Waals surface area contributed by atoms with Crippen molar-refractivity contribution in [3.8, 4) is 0 Å². The first-order valence-corrected chi connectivity index (χ1v) is 5.65. The summed E-state index contributed by atoms with van der Waals surface area (Å²) in [7, 11) is 0. The molecule has 0 aliphatic rings. The van der Waals surface area contributed by atoms with Gasteiger partial charge >= 0.3 is 0 Å². The van der Waals surface area contributed by atoms with Crippen LogP contribution in [0.4, 0.5) is 5.82 Å². The Morgan fingerprint density at radius 3 is 3.00 bits per heavy atom. The molecule has 6 heteroatoms. The molecule has 86 valence electrons. The molecule has 0 aromatic carbocycles. The summed E-state index contributed by atoms with van der Waals surface area (Å²) >= 11 is 5.81. The van der Waals surface area contributed by atoms with E-state index in [1.165, 1.54) is 0 Å². The van der Waals surface area contributed by atoms with Gasteiger partial charge in [-0.1, -0.05) is 13.8 Å². The lowest BCUT2D eigenvalue weighted by molar-refractivity contribution is 0.607. The SMILES string of the molecule is CC(C)CCNc1nc(Cl)nc2[nH]cnc12. The van der Waals surface area contributed by atoms with Crippen molar-refractivity contribution in [1.29, 1.82) is 0 Å².